The number of carbonyl (C=O) groups excluding carboxylic acids is 2. The van der Waals surface area contributed by atoms with Crippen molar-refractivity contribution in [3.63, 3.8) is 0 Å². The van der Waals surface area contributed by atoms with Crippen molar-refractivity contribution in [2.45, 2.75) is 25.9 Å². The van der Waals surface area contributed by atoms with Gasteiger partial charge in [-0.25, -0.2) is 0 Å². The maximum Gasteiger partial charge on any atom is 0.320 e. The number of esters is 1. The van der Waals surface area contributed by atoms with Crippen molar-refractivity contribution in [1.29, 1.82) is 0 Å². The van der Waals surface area contributed by atoms with E-state index in [4.69, 9.17) is 4.74 Å². The molecule has 0 amide bonds. The second-order valence-corrected chi connectivity index (χ2v) is 6.12. The van der Waals surface area contributed by atoms with E-state index < -0.39 is 11.4 Å². The molecule has 0 radical (unpaired) electrons. The third-order valence-electron chi connectivity index (χ3n) is 4.61. The third kappa shape index (κ3) is 2.90. The molecule has 0 heterocycles. The average Bonchev–Trinajstić information content (AvgIpc) is 2.63. The number of carbonyl (C=O) groups is 2. The van der Waals surface area contributed by atoms with Crippen molar-refractivity contribution in [3.8, 4) is 0 Å². The molecule has 122 valence electrons. The van der Waals surface area contributed by atoms with E-state index in [1.54, 1.807) is 12.1 Å². The van der Waals surface area contributed by atoms with E-state index >= 15 is 0 Å². The lowest BCUT2D eigenvalue weighted by Gasteiger charge is -2.33. The van der Waals surface area contributed by atoms with Crippen LogP contribution in [0.1, 0.15) is 34.3 Å². The van der Waals surface area contributed by atoms with Gasteiger partial charge in [-0.2, -0.15) is 0 Å². The van der Waals surface area contributed by atoms with E-state index in [0.717, 1.165) is 11.1 Å². The van der Waals surface area contributed by atoms with Gasteiger partial charge in [0.25, 0.3) is 0 Å². The maximum atomic E-state index is 13.0. The highest BCUT2D eigenvalue weighted by molar-refractivity contribution is 6.14. The first kappa shape index (κ1) is 16.2. The predicted molar refractivity (Wildman–Crippen MR) is 92.6 cm³/mol. The van der Waals surface area contributed by atoms with Crippen molar-refractivity contribution >= 4 is 11.8 Å². The fourth-order valence-electron chi connectivity index (χ4n) is 3.26. The zero-order valence-corrected chi connectivity index (χ0v) is 13.5. The maximum absolute atomic E-state index is 13.0. The molecule has 1 aliphatic rings. The Hall–Kier alpha value is -2.68. The minimum Gasteiger partial charge on any atom is -0.460 e. The summed E-state index contributed by atoms with van der Waals surface area (Å²) in [7, 11) is 0. The number of aryl methyl sites for hydroxylation is 1. The van der Waals surface area contributed by atoms with Crippen LogP contribution in [0.15, 0.2) is 67.3 Å². The Bertz CT molecular complexity index is 764. The highest BCUT2D eigenvalue weighted by atomic mass is 16.5. The van der Waals surface area contributed by atoms with Crippen LogP contribution < -0.4 is 0 Å². The lowest BCUT2D eigenvalue weighted by atomic mass is 9.68. The number of ketones is 1. The highest BCUT2D eigenvalue weighted by Crippen LogP contribution is 2.40. The molecule has 0 bridgehead atoms. The molecule has 1 aliphatic carbocycles. The van der Waals surface area contributed by atoms with Crippen molar-refractivity contribution < 1.29 is 14.3 Å². The molecule has 3 rings (SSSR count). The molecule has 3 heteroatoms. The van der Waals surface area contributed by atoms with Crippen LogP contribution in [-0.4, -0.2) is 11.8 Å². The summed E-state index contributed by atoms with van der Waals surface area (Å²) < 4.78 is 5.50. The SMILES string of the molecule is C=CC[C@@]1(C(=O)OCc2ccccc2)CCc2ccccc2C1=O. The molecule has 0 aliphatic heterocycles. The van der Waals surface area contributed by atoms with E-state index in [1.165, 1.54) is 0 Å². The first-order valence-corrected chi connectivity index (χ1v) is 8.12. The van der Waals surface area contributed by atoms with E-state index in [9.17, 15) is 9.59 Å². The molecule has 1 atom stereocenters. The molecule has 0 N–H and O–H groups in total. The van der Waals surface area contributed by atoms with Crippen LogP contribution in [0.3, 0.4) is 0 Å². The lowest BCUT2D eigenvalue weighted by Crippen LogP contribution is -2.43. The van der Waals surface area contributed by atoms with Crippen LogP contribution in [0.2, 0.25) is 0 Å². The third-order valence-corrected chi connectivity index (χ3v) is 4.61. The number of fused-ring (bicyclic) bond motifs is 1. The number of allylic oxidation sites excluding steroid dienone is 1. The molecule has 0 saturated carbocycles. The molecule has 2 aromatic rings. The largest absolute Gasteiger partial charge is 0.460 e. The quantitative estimate of drug-likeness (QED) is 0.473. The monoisotopic (exact) mass is 320 g/mol. The topological polar surface area (TPSA) is 43.4 Å². The average molecular weight is 320 g/mol. The number of Topliss-reactive ketones (excluding diaryl/α,β-unsaturated/α-hetero) is 1. The van der Waals surface area contributed by atoms with E-state index in [2.05, 4.69) is 6.58 Å². The van der Waals surface area contributed by atoms with E-state index in [1.807, 2.05) is 48.5 Å². The minimum absolute atomic E-state index is 0.151. The number of hydrogen-bond donors (Lipinski definition) is 0. The fraction of sp³-hybridized carbons (Fsp3) is 0.238. The van der Waals surface area contributed by atoms with Gasteiger partial charge in [-0.1, -0.05) is 60.7 Å². The number of benzene rings is 2. The zero-order valence-electron chi connectivity index (χ0n) is 13.5. The van der Waals surface area contributed by atoms with Gasteiger partial charge in [0.2, 0.25) is 0 Å². The van der Waals surface area contributed by atoms with Gasteiger partial charge in [0.05, 0.1) is 0 Å². The summed E-state index contributed by atoms with van der Waals surface area (Å²) in [5.74, 6) is -0.604. The molecule has 2 aromatic carbocycles. The summed E-state index contributed by atoms with van der Waals surface area (Å²) in [5.41, 5.74) is 1.38. The first-order chi connectivity index (χ1) is 11.7. The minimum atomic E-state index is -1.15. The normalized spacial score (nSPS) is 19.4. The Kier molecular flexibility index (Phi) is 4.61. The number of ether oxygens (including phenoxy) is 1. The first-order valence-electron chi connectivity index (χ1n) is 8.12. The predicted octanol–water partition coefficient (Wildman–Crippen LogP) is 4.12. The Morgan fingerprint density at radius 3 is 2.58 bits per heavy atom. The smallest absolute Gasteiger partial charge is 0.320 e. The van der Waals surface area contributed by atoms with Crippen LogP contribution in [0.5, 0.6) is 0 Å². The molecule has 0 aromatic heterocycles. The van der Waals surface area contributed by atoms with Crippen molar-refractivity contribution in [2.24, 2.45) is 5.41 Å². The van der Waals surface area contributed by atoms with E-state index in [-0.39, 0.29) is 12.4 Å². The second-order valence-electron chi connectivity index (χ2n) is 6.12. The fourth-order valence-corrected chi connectivity index (χ4v) is 3.26. The summed E-state index contributed by atoms with van der Waals surface area (Å²) >= 11 is 0. The molecule has 0 saturated heterocycles. The van der Waals surface area contributed by atoms with Gasteiger partial charge in [-0.15, -0.1) is 6.58 Å². The van der Waals surface area contributed by atoms with Crippen LogP contribution in [0.4, 0.5) is 0 Å². The molecular weight excluding hydrogens is 300 g/mol. The molecule has 0 spiro atoms. The van der Waals surface area contributed by atoms with Crippen molar-refractivity contribution in [3.05, 3.63) is 83.9 Å². The Morgan fingerprint density at radius 2 is 1.83 bits per heavy atom. The summed E-state index contributed by atoms with van der Waals surface area (Å²) in [6, 6.07) is 17.0. The van der Waals surface area contributed by atoms with E-state index in [0.29, 0.717) is 24.8 Å². The van der Waals surface area contributed by atoms with Gasteiger partial charge < -0.3 is 4.74 Å². The van der Waals surface area contributed by atoms with Gasteiger partial charge in [0, 0.05) is 5.56 Å². The summed E-state index contributed by atoms with van der Waals surface area (Å²) in [5, 5.41) is 0. The van der Waals surface area contributed by atoms with Gasteiger partial charge in [-0.05, 0) is 30.4 Å². The van der Waals surface area contributed by atoms with Crippen LogP contribution >= 0.6 is 0 Å². The molecule has 24 heavy (non-hydrogen) atoms. The van der Waals surface area contributed by atoms with Crippen LogP contribution in [-0.2, 0) is 22.6 Å². The van der Waals surface area contributed by atoms with Gasteiger partial charge in [0.15, 0.2) is 5.78 Å². The molecule has 0 unspecified atom stereocenters. The summed E-state index contributed by atoms with van der Waals surface area (Å²) in [6.45, 7) is 3.91. The Morgan fingerprint density at radius 1 is 1.12 bits per heavy atom. The van der Waals surface area contributed by atoms with Crippen LogP contribution in [0.25, 0.3) is 0 Å². The second kappa shape index (κ2) is 6.83. The summed E-state index contributed by atoms with van der Waals surface area (Å²) in [4.78, 5) is 25.8. The molecule has 3 nitrogen and oxygen atoms in total. The molecular formula is C21H20O3. The molecule has 0 fully saturated rings. The highest BCUT2D eigenvalue weighted by Gasteiger charge is 2.49. The van der Waals surface area contributed by atoms with Crippen molar-refractivity contribution in [2.75, 3.05) is 0 Å². The summed E-state index contributed by atoms with van der Waals surface area (Å²) in [6.07, 6.45) is 3.09. The van der Waals surface area contributed by atoms with Crippen LogP contribution in [0, 0.1) is 5.41 Å². The number of rotatable bonds is 5. The number of hydrogen-bond acceptors (Lipinski definition) is 3. The zero-order chi connectivity index (χ0) is 17.0. The van der Waals surface area contributed by atoms with Gasteiger partial charge >= 0.3 is 5.97 Å². The standard InChI is InChI=1S/C21H20O3/c1-2-13-21(20(23)24-15-16-8-4-3-5-9-16)14-12-17-10-6-7-11-18(17)19(21)22/h2-11H,1,12-15H2/t21-/m1/s1. The Labute approximate surface area is 142 Å². The van der Waals surface area contributed by atoms with Crippen molar-refractivity contribution in [1.82, 2.24) is 0 Å². The lowest BCUT2D eigenvalue weighted by molar-refractivity contribution is -0.154. The van der Waals surface area contributed by atoms with Gasteiger partial charge in [-0.3, -0.25) is 9.59 Å². The van der Waals surface area contributed by atoms with Gasteiger partial charge in [0.1, 0.15) is 12.0 Å². The Balaban J connectivity index is 1.85.